The molecule has 0 bridgehead atoms. The van der Waals surface area contributed by atoms with Crippen molar-refractivity contribution in [2.24, 2.45) is 5.73 Å². The SMILES string of the molecule is NCCCCCCCCCc1ccn[nH]1. The number of hydrogen-bond acceptors (Lipinski definition) is 2. The first kappa shape index (κ1) is 12.2. The van der Waals surface area contributed by atoms with E-state index in [9.17, 15) is 0 Å². The lowest BCUT2D eigenvalue weighted by atomic mass is 10.1. The number of unbranched alkanes of at least 4 members (excludes halogenated alkanes) is 6. The van der Waals surface area contributed by atoms with Crippen LogP contribution >= 0.6 is 0 Å². The number of nitrogens with zero attached hydrogens (tertiary/aromatic N) is 1. The monoisotopic (exact) mass is 209 g/mol. The molecule has 3 N–H and O–H groups in total. The molecule has 1 aromatic rings. The van der Waals surface area contributed by atoms with Gasteiger partial charge in [-0.05, 0) is 31.9 Å². The Morgan fingerprint density at radius 3 is 2.27 bits per heavy atom. The van der Waals surface area contributed by atoms with Gasteiger partial charge in [-0.15, -0.1) is 0 Å². The fourth-order valence-corrected chi connectivity index (χ4v) is 1.77. The molecule has 3 heteroatoms. The Kier molecular flexibility index (Phi) is 6.92. The first-order chi connectivity index (χ1) is 7.43. The predicted molar refractivity (Wildman–Crippen MR) is 63.7 cm³/mol. The Bertz CT molecular complexity index is 219. The molecule has 0 aromatic carbocycles. The van der Waals surface area contributed by atoms with Gasteiger partial charge in [0.1, 0.15) is 0 Å². The summed E-state index contributed by atoms with van der Waals surface area (Å²) in [6.45, 7) is 0.847. The van der Waals surface area contributed by atoms with E-state index in [2.05, 4.69) is 16.3 Å². The quantitative estimate of drug-likeness (QED) is 0.614. The topological polar surface area (TPSA) is 54.7 Å². The second-order valence-corrected chi connectivity index (χ2v) is 4.10. The van der Waals surface area contributed by atoms with Crippen LogP contribution in [0.3, 0.4) is 0 Å². The number of hydrogen-bond donors (Lipinski definition) is 2. The van der Waals surface area contributed by atoms with Crippen LogP contribution < -0.4 is 5.73 Å². The van der Waals surface area contributed by atoms with Gasteiger partial charge in [0.15, 0.2) is 0 Å². The van der Waals surface area contributed by atoms with Crippen LogP contribution in [-0.2, 0) is 6.42 Å². The number of nitrogens with two attached hydrogens (primary N) is 1. The molecule has 0 fully saturated rings. The van der Waals surface area contributed by atoms with Crippen LogP contribution in [0.4, 0.5) is 0 Å². The van der Waals surface area contributed by atoms with Crippen LogP contribution in [0.25, 0.3) is 0 Å². The Balaban J connectivity index is 1.81. The summed E-state index contributed by atoms with van der Waals surface area (Å²) in [5.41, 5.74) is 6.70. The van der Waals surface area contributed by atoms with Gasteiger partial charge in [0.2, 0.25) is 0 Å². The van der Waals surface area contributed by atoms with Crippen molar-refractivity contribution in [3.63, 3.8) is 0 Å². The van der Waals surface area contributed by atoms with Crippen molar-refractivity contribution in [3.8, 4) is 0 Å². The van der Waals surface area contributed by atoms with Gasteiger partial charge in [-0.3, -0.25) is 5.10 Å². The molecule has 1 rings (SSSR count). The third-order valence-electron chi connectivity index (χ3n) is 2.71. The van der Waals surface area contributed by atoms with Crippen molar-refractivity contribution in [2.45, 2.75) is 51.4 Å². The molecule has 1 heterocycles. The summed E-state index contributed by atoms with van der Waals surface area (Å²) in [7, 11) is 0. The number of rotatable bonds is 9. The van der Waals surface area contributed by atoms with Crippen molar-refractivity contribution < 1.29 is 0 Å². The van der Waals surface area contributed by atoms with Crippen molar-refractivity contribution in [1.29, 1.82) is 0 Å². The smallest absolute Gasteiger partial charge is 0.0490 e. The zero-order valence-electron chi connectivity index (χ0n) is 9.54. The van der Waals surface area contributed by atoms with Gasteiger partial charge in [-0.2, -0.15) is 5.10 Å². The third kappa shape index (κ3) is 6.28. The molecule has 0 saturated carbocycles. The lowest BCUT2D eigenvalue weighted by molar-refractivity contribution is 0.580. The van der Waals surface area contributed by atoms with Crippen LogP contribution in [0.2, 0.25) is 0 Å². The van der Waals surface area contributed by atoms with Crippen LogP contribution in [-0.4, -0.2) is 16.7 Å². The molecule has 0 amide bonds. The van der Waals surface area contributed by atoms with Gasteiger partial charge in [0, 0.05) is 11.9 Å². The summed E-state index contributed by atoms with van der Waals surface area (Å²) < 4.78 is 0. The average Bonchev–Trinajstić information content (AvgIpc) is 2.75. The summed E-state index contributed by atoms with van der Waals surface area (Å²) in [5, 5.41) is 6.93. The van der Waals surface area contributed by atoms with E-state index in [0.29, 0.717) is 0 Å². The predicted octanol–water partition coefficient (Wildman–Crippen LogP) is 2.64. The highest BCUT2D eigenvalue weighted by Gasteiger charge is 1.94. The third-order valence-corrected chi connectivity index (χ3v) is 2.71. The van der Waals surface area contributed by atoms with E-state index in [0.717, 1.165) is 13.0 Å². The number of H-pyrrole nitrogens is 1. The van der Waals surface area contributed by atoms with Gasteiger partial charge in [0.25, 0.3) is 0 Å². The molecule has 0 saturated heterocycles. The highest BCUT2D eigenvalue weighted by Crippen LogP contribution is 2.08. The van der Waals surface area contributed by atoms with E-state index in [1.54, 1.807) is 0 Å². The van der Waals surface area contributed by atoms with Crippen LogP contribution in [0, 0.1) is 0 Å². The summed E-state index contributed by atoms with van der Waals surface area (Å²) in [6.07, 6.45) is 12.1. The fourth-order valence-electron chi connectivity index (χ4n) is 1.77. The number of nitrogens with one attached hydrogen (secondary N) is 1. The van der Waals surface area contributed by atoms with Gasteiger partial charge in [0.05, 0.1) is 0 Å². The Hall–Kier alpha value is -0.830. The van der Waals surface area contributed by atoms with E-state index in [4.69, 9.17) is 5.73 Å². The minimum absolute atomic E-state index is 0.847. The molecule has 0 atom stereocenters. The Morgan fingerprint density at radius 2 is 1.67 bits per heavy atom. The molecule has 0 aliphatic carbocycles. The second kappa shape index (κ2) is 8.48. The lowest BCUT2D eigenvalue weighted by Gasteiger charge is -2.00. The van der Waals surface area contributed by atoms with Gasteiger partial charge < -0.3 is 5.73 Å². The molecule has 0 radical (unpaired) electrons. The number of aryl methyl sites for hydroxylation is 1. The van der Waals surface area contributed by atoms with Gasteiger partial charge >= 0.3 is 0 Å². The first-order valence-corrected chi connectivity index (χ1v) is 6.12. The summed E-state index contributed by atoms with van der Waals surface area (Å²) >= 11 is 0. The maximum Gasteiger partial charge on any atom is 0.0490 e. The van der Waals surface area contributed by atoms with Crippen LogP contribution in [0.1, 0.15) is 50.6 Å². The van der Waals surface area contributed by atoms with Crippen molar-refractivity contribution in [2.75, 3.05) is 6.54 Å². The highest BCUT2D eigenvalue weighted by molar-refractivity contribution is 4.96. The maximum atomic E-state index is 5.44. The van der Waals surface area contributed by atoms with E-state index >= 15 is 0 Å². The first-order valence-electron chi connectivity index (χ1n) is 6.12. The van der Waals surface area contributed by atoms with Crippen LogP contribution in [0.15, 0.2) is 12.3 Å². The highest BCUT2D eigenvalue weighted by atomic mass is 15.1. The molecule has 0 spiro atoms. The minimum atomic E-state index is 0.847. The second-order valence-electron chi connectivity index (χ2n) is 4.10. The minimum Gasteiger partial charge on any atom is -0.330 e. The van der Waals surface area contributed by atoms with E-state index in [1.165, 1.54) is 50.6 Å². The molecule has 86 valence electrons. The zero-order valence-corrected chi connectivity index (χ0v) is 9.54. The maximum absolute atomic E-state index is 5.44. The van der Waals surface area contributed by atoms with E-state index in [-0.39, 0.29) is 0 Å². The largest absolute Gasteiger partial charge is 0.330 e. The van der Waals surface area contributed by atoms with Crippen LogP contribution in [0.5, 0.6) is 0 Å². The fraction of sp³-hybridized carbons (Fsp3) is 0.750. The lowest BCUT2D eigenvalue weighted by Crippen LogP contribution is -1.97. The van der Waals surface area contributed by atoms with Gasteiger partial charge in [-0.25, -0.2) is 0 Å². The molecule has 1 aromatic heterocycles. The molecule has 0 unspecified atom stereocenters. The summed E-state index contributed by atoms with van der Waals surface area (Å²) in [4.78, 5) is 0. The number of aromatic nitrogens is 2. The van der Waals surface area contributed by atoms with E-state index in [1.807, 2.05) is 6.20 Å². The Morgan fingerprint density at radius 1 is 1.00 bits per heavy atom. The van der Waals surface area contributed by atoms with E-state index < -0.39 is 0 Å². The molecule has 3 nitrogen and oxygen atoms in total. The van der Waals surface area contributed by atoms with Crippen molar-refractivity contribution >= 4 is 0 Å². The molecule has 15 heavy (non-hydrogen) atoms. The summed E-state index contributed by atoms with van der Waals surface area (Å²) in [6, 6.07) is 2.06. The van der Waals surface area contributed by atoms with Crippen molar-refractivity contribution in [3.05, 3.63) is 18.0 Å². The normalized spacial score (nSPS) is 10.7. The number of aromatic amines is 1. The average molecular weight is 209 g/mol. The molecule has 0 aliphatic heterocycles. The Labute approximate surface area is 92.5 Å². The van der Waals surface area contributed by atoms with Gasteiger partial charge in [-0.1, -0.05) is 32.1 Å². The molecule has 0 aliphatic rings. The van der Waals surface area contributed by atoms with Crippen molar-refractivity contribution in [1.82, 2.24) is 10.2 Å². The standard InChI is InChI=1S/C12H23N3/c13-10-7-5-3-1-2-4-6-8-12-9-11-14-15-12/h9,11H,1-8,10,13H2,(H,14,15). The summed E-state index contributed by atoms with van der Waals surface area (Å²) in [5.74, 6) is 0. The zero-order chi connectivity index (χ0) is 10.8. The molecular weight excluding hydrogens is 186 g/mol. The molecular formula is C12H23N3.